The lowest BCUT2D eigenvalue weighted by Gasteiger charge is -2.13. The van der Waals surface area contributed by atoms with Crippen LogP contribution in [0.5, 0.6) is 0 Å². The van der Waals surface area contributed by atoms with E-state index in [0.29, 0.717) is 17.1 Å². The number of rotatable bonds is 4. The Hall–Kier alpha value is -2.48. The molecule has 0 saturated heterocycles. The van der Waals surface area contributed by atoms with Crippen molar-refractivity contribution in [2.24, 2.45) is 0 Å². The van der Waals surface area contributed by atoms with Gasteiger partial charge in [-0.05, 0) is 49.1 Å². The molecule has 1 aromatic heterocycles. The third-order valence-electron chi connectivity index (χ3n) is 3.40. The van der Waals surface area contributed by atoms with Gasteiger partial charge in [0, 0.05) is 5.69 Å². The summed E-state index contributed by atoms with van der Waals surface area (Å²) in [5.74, 6) is 0.126. The second-order valence-electron chi connectivity index (χ2n) is 4.75. The fraction of sp³-hybridized carbons (Fsp3) is 0.312. The van der Waals surface area contributed by atoms with Crippen LogP contribution in [0.1, 0.15) is 36.2 Å². The van der Waals surface area contributed by atoms with Gasteiger partial charge in [-0.1, -0.05) is 13.8 Å². The fourth-order valence-electron chi connectivity index (χ4n) is 2.28. The first-order valence-corrected chi connectivity index (χ1v) is 6.92. The summed E-state index contributed by atoms with van der Waals surface area (Å²) in [6, 6.07) is 6.64. The van der Waals surface area contributed by atoms with Crippen LogP contribution in [0.2, 0.25) is 0 Å². The molecule has 0 unspecified atom stereocenters. The van der Waals surface area contributed by atoms with E-state index in [-0.39, 0.29) is 5.82 Å². The van der Waals surface area contributed by atoms with Crippen molar-refractivity contribution in [3.63, 3.8) is 0 Å². The molecule has 0 fully saturated rings. The van der Waals surface area contributed by atoms with Crippen LogP contribution in [-0.4, -0.2) is 10.2 Å². The summed E-state index contributed by atoms with van der Waals surface area (Å²) < 4.78 is 13.1. The van der Waals surface area contributed by atoms with Gasteiger partial charge in [-0.2, -0.15) is 10.4 Å². The molecule has 5 heteroatoms. The number of benzene rings is 1. The van der Waals surface area contributed by atoms with Gasteiger partial charge in [-0.3, -0.25) is 0 Å². The molecule has 0 radical (unpaired) electrons. The van der Waals surface area contributed by atoms with Gasteiger partial charge in [0.15, 0.2) is 5.82 Å². The molecule has 0 saturated carbocycles. The first-order chi connectivity index (χ1) is 10.1. The van der Waals surface area contributed by atoms with Crippen LogP contribution in [0.4, 0.5) is 15.9 Å². The Bertz CT molecular complexity index is 704. The smallest absolute Gasteiger partial charge is 0.171 e. The Morgan fingerprint density at radius 3 is 2.57 bits per heavy atom. The van der Waals surface area contributed by atoms with E-state index in [1.165, 1.54) is 12.1 Å². The van der Waals surface area contributed by atoms with Crippen LogP contribution in [-0.2, 0) is 12.8 Å². The lowest BCUT2D eigenvalue weighted by atomic mass is 10.0. The summed E-state index contributed by atoms with van der Waals surface area (Å²) >= 11 is 0. The molecule has 1 aromatic carbocycles. The Kier molecular flexibility index (Phi) is 4.49. The summed E-state index contributed by atoms with van der Waals surface area (Å²) in [6.45, 7) is 5.78. The summed E-state index contributed by atoms with van der Waals surface area (Å²) in [6.07, 6.45) is 1.46. The lowest BCUT2D eigenvalue weighted by Crippen LogP contribution is -2.07. The molecule has 4 nitrogen and oxygen atoms in total. The van der Waals surface area contributed by atoms with Crippen LogP contribution >= 0.6 is 0 Å². The molecule has 0 aliphatic heterocycles. The molecule has 0 aliphatic carbocycles. The van der Waals surface area contributed by atoms with Crippen molar-refractivity contribution in [1.29, 1.82) is 5.26 Å². The van der Waals surface area contributed by atoms with E-state index < -0.39 is 0 Å². The molecule has 0 bridgehead atoms. The minimum atomic E-state index is -0.291. The quantitative estimate of drug-likeness (QED) is 0.930. The number of nitriles is 1. The highest BCUT2D eigenvalue weighted by Crippen LogP contribution is 2.25. The van der Waals surface area contributed by atoms with Gasteiger partial charge in [0.05, 0.1) is 5.69 Å². The Balaban J connectivity index is 2.47. The number of aromatic nitrogens is 2. The van der Waals surface area contributed by atoms with Gasteiger partial charge < -0.3 is 5.32 Å². The van der Waals surface area contributed by atoms with E-state index in [9.17, 15) is 9.65 Å². The Morgan fingerprint density at radius 2 is 2.00 bits per heavy atom. The van der Waals surface area contributed by atoms with E-state index in [2.05, 4.69) is 21.6 Å². The molecule has 0 amide bonds. The number of nitrogens with one attached hydrogen (secondary N) is 1. The van der Waals surface area contributed by atoms with E-state index >= 15 is 0 Å². The molecule has 2 rings (SSSR count). The van der Waals surface area contributed by atoms with E-state index in [1.807, 2.05) is 13.8 Å². The second-order valence-corrected chi connectivity index (χ2v) is 4.75. The summed E-state index contributed by atoms with van der Waals surface area (Å²) in [4.78, 5) is 0. The van der Waals surface area contributed by atoms with Crippen molar-refractivity contribution in [2.45, 2.75) is 33.6 Å². The monoisotopic (exact) mass is 284 g/mol. The highest BCUT2D eigenvalue weighted by atomic mass is 19.1. The maximum Gasteiger partial charge on any atom is 0.171 e. The van der Waals surface area contributed by atoms with Gasteiger partial charge >= 0.3 is 0 Å². The van der Waals surface area contributed by atoms with E-state index in [1.54, 1.807) is 13.0 Å². The normalized spacial score (nSPS) is 10.2. The molecule has 0 aliphatic rings. The van der Waals surface area contributed by atoms with E-state index in [4.69, 9.17) is 0 Å². The van der Waals surface area contributed by atoms with Crippen LogP contribution in [0.3, 0.4) is 0 Å². The third kappa shape index (κ3) is 3.00. The molecule has 1 heterocycles. The summed E-state index contributed by atoms with van der Waals surface area (Å²) in [7, 11) is 0. The number of nitrogens with zero attached hydrogens (tertiary/aromatic N) is 3. The van der Waals surface area contributed by atoms with E-state index in [0.717, 1.165) is 29.7 Å². The largest absolute Gasteiger partial charge is 0.337 e. The molecular weight excluding hydrogens is 267 g/mol. The zero-order valence-corrected chi connectivity index (χ0v) is 12.4. The van der Waals surface area contributed by atoms with Crippen LogP contribution in [0, 0.1) is 24.1 Å². The van der Waals surface area contributed by atoms with Crippen molar-refractivity contribution in [1.82, 2.24) is 10.2 Å². The van der Waals surface area contributed by atoms with Crippen molar-refractivity contribution in [3.8, 4) is 6.07 Å². The van der Waals surface area contributed by atoms with Gasteiger partial charge in [-0.25, -0.2) is 4.39 Å². The number of aryl methyl sites for hydroxylation is 2. The first kappa shape index (κ1) is 14.9. The SMILES string of the molecule is CCc1nnc(Nc2ccc(F)cc2C)c(C#N)c1CC. The van der Waals surface area contributed by atoms with Crippen LogP contribution in [0.15, 0.2) is 18.2 Å². The molecule has 0 atom stereocenters. The van der Waals surface area contributed by atoms with Crippen LogP contribution < -0.4 is 5.32 Å². The second kappa shape index (κ2) is 6.31. The predicted octanol–water partition coefficient (Wildman–Crippen LogP) is 3.66. The zero-order chi connectivity index (χ0) is 15.4. The number of anilines is 2. The average molecular weight is 284 g/mol. The number of hydrogen-bond acceptors (Lipinski definition) is 4. The number of hydrogen-bond donors (Lipinski definition) is 1. The number of halogens is 1. The van der Waals surface area contributed by atoms with Gasteiger partial charge in [0.2, 0.25) is 0 Å². The maximum atomic E-state index is 13.1. The minimum absolute atomic E-state index is 0.291. The molecule has 2 aromatic rings. The van der Waals surface area contributed by atoms with Crippen LogP contribution in [0.25, 0.3) is 0 Å². The van der Waals surface area contributed by atoms with Crippen molar-refractivity contribution < 1.29 is 4.39 Å². The van der Waals surface area contributed by atoms with Crippen molar-refractivity contribution in [3.05, 3.63) is 46.4 Å². The highest BCUT2D eigenvalue weighted by molar-refractivity contribution is 5.66. The van der Waals surface area contributed by atoms with Gasteiger partial charge in [0.1, 0.15) is 17.4 Å². The first-order valence-electron chi connectivity index (χ1n) is 6.92. The molecule has 21 heavy (non-hydrogen) atoms. The van der Waals surface area contributed by atoms with Gasteiger partial charge in [-0.15, -0.1) is 5.10 Å². The molecule has 0 spiro atoms. The highest BCUT2D eigenvalue weighted by Gasteiger charge is 2.15. The molecular formula is C16H17FN4. The molecule has 108 valence electrons. The Morgan fingerprint density at radius 1 is 1.24 bits per heavy atom. The van der Waals surface area contributed by atoms with Crippen molar-refractivity contribution >= 4 is 11.5 Å². The van der Waals surface area contributed by atoms with Gasteiger partial charge in [0.25, 0.3) is 0 Å². The fourth-order valence-corrected chi connectivity index (χ4v) is 2.28. The topological polar surface area (TPSA) is 61.6 Å². The molecule has 1 N–H and O–H groups in total. The summed E-state index contributed by atoms with van der Waals surface area (Å²) in [5, 5.41) is 20.8. The lowest BCUT2D eigenvalue weighted by molar-refractivity contribution is 0.627. The maximum absolute atomic E-state index is 13.1. The zero-order valence-electron chi connectivity index (χ0n) is 12.4. The average Bonchev–Trinajstić information content (AvgIpc) is 2.49. The Labute approximate surface area is 123 Å². The minimum Gasteiger partial charge on any atom is -0.337 e. The summed E-state index contributed by atoms with van der Waals surface area (Å²) in [5.41, 5.74) is 3.73. The van der Waals surface area contributed by atoms with Crippen molar-refractivity contribution in [2.75, 3.05) is 5.32 Å². The predicted molar refractivity (Wildman–Crippen MR) is 79.9 cm³/mol. The third-order valence-corrected chi connectivity index (χ3v) is 3.40. The standard InChI is InChI=1S/C16H17FN4/c1-4-12-13(9-18)16(21-20-14(12)5-2)19-15-7-6-11(17)8-10(15)3/h6-8H,4-5H2,1-3H3,(H,19,21).